The van der Waals surface area contributed by atoms with Gasteiger partial charge in [-0.1, -0.05) is 32.8 Å². The lowest BCUT2D eigenvalue weighted by Gasteiger charge is -2.15. The van der Waals surface area contributed by atoms with Gasteiger partial charge in [-0.05, 0) is 49.8 Å². The smallest absolute Gasteiger partial charge is 0.241 e. The third kappa shape index (κ3) is 4.71. The van der Waals surface area contributed by atoms with Crippen molar-refractivity contribution in [1.29, 1.82) is 0 Å². The number of rotatable bonds is 7. The molecule has 4 nitrogen and oxygen atoms in total. The molecule has 1 rings (SSSR count). The van der Waals surface area contributed by atoms with Gasteiger partial charge in [-0.25, -0.2) is 13.1 Å². The maximum Gasteiger partial charge on any atom is 0.241 e. The van der Waals surface area contributed by atoms with Crippen molar-refractivity contribution < 1.29 is 8.42 Å². The summed E-state index contributed by atoms with van der Waals surface area (Å²) in [4.78, 5) is 0.328. The molecule has 1 aromatic carbocycles. The van der Waals surface area contributed by atoms with Crippen molar-refractivity contribution in [3.05, 3.63) is 22.8 Å². The summed E-state index contributed by atoms with van der Waals surface area (Å²) < 4.78 is 27.6. The zero-order valence-electron chi connectivity index (χ0n) is 13.8. The van der Waals surface area contributed by atoms with Crippen LogP contribution in [0.25, 0.3) is 0 Å². The van der Waals surface area contributed by atoms with Crippen LogP contribution in [-0.4, -0.2) is 15.0 Å². The topological polar surface area (TPSA) is 72.2 Å². The zero-order valence-corrected chi connectivity index (χ0v) is 14.6. The number of hydrogen-bond donors (Lipinski definition) is 2. The largest absolute Gasteiger partial charge is 0.398 e. The average molecular weight is 312 g/mol. The third-order valence-corrected chi connectivity index (χ3v) is 5.48. The lowest BCUT2D eigenvalue weighted by molar-refractivity contribution is 0.530. The summed E-state index contributed by atoms with van der Waals surface area (Å²) in [5, 5.41) is 0. The second kappa shape index (κ2) is 7.27. The van der Waals surface area contributed by atoms with Crippen molar-refractivity contribution in [2.75, 3.05) is 12.3 Å². The van der Waals surface area contributed by atoms with Crippen LogP contribution in [0.15, 0.2) is 11.0 Å². The molecule has 3 N–H and O–H groups in total. The summed E-state index contributed by atoms with van der Waals surface area (Å²) in [6, 6.07) is 1.83. The highest BCUT2D eigenvalue weighted by Gasteiger charge is 2.21. The molecule has 0 aliphatic rings. The third-order valence-electron chi connectivity index (χ3n) is 3.73. The van der Waals surface area contributed by atoms with Gasteiger partial charge in [0.05, 0.1) is 4.90 Å². The van der Waals surface area contributed by atoms with Crippen LogP contribution in [0, 0.1) is 26.7 Å². The van der Waals surface area contributed by atoms with E-state index in [1.807, 2.05) is 19.9 Å². The minimum absolute atomic E-state index is 0.328. The van der Waals surface area contributed by atoms with Crippen LogP contribution in [0.4, 0.5) is 5.69 Å². The molecule has 0 atom stereocenters. The Morgan fingerprint density at radius 2 is 1.76 bits per heavy atom. The van der Waals surface area contributed by atoms with Crippen molar-refractivity contribution in [3.63, 3.8) is 0 Å². The first-order chi connectivity index (χ1) is 9.66. The molecule has 1 aromatic rings. The summed E-state index contributed by atoms with van der Waals surface area (Å²) in [6.45, 7) is 10.3. The molecule has 0 radical (unpaired) electrons. The molecule has 0 aliphatic carbocycles. The first kappa shape index (κ1) is 18.0. The van der Waals surface area contributed by atoms with E-state index in [1.165, 1.54) is 0 Å². The fourth-order valence-electron chi connectivity index (χ4n) is 2.55. The van der Waals surface area contributed by atoms with E-state index in [4.69, 9.17) is 5.73 Å². The van der Waals surface area contributed by atoms with Gasteiger partial charge in [0.15, 0.2) is 0 Å². The van der Waals surface area contributed by atoms with Crippen molar-refractivity contribution >= 4 is 15.7 Å². The van der Waals surface area contributed by atoms with Crippen molar-refractivity contribution in [1.82, 2.24) is 4.72 Å². The van der Waals surface area contributed by atoms with Crippen molar-refractivity contribution in [2.24, 2.45) is 5.92 Å². The fourth-order valence-corrected chi connectivity index (χ4v) is 4.10. The van der Waals surface area contributed by atoms with Gasteiger partial charge in [0, 0.05) is 12.2 Å². The molecule has 0 spiro atoms. The molecule has 0 amide bonds. The highest BCUT2D eigenvalue weighted by molar-refractivity contribution is 7.89. The van der Waals surface area contributed by atoms with E-state index >= 15 is 0 Å². The standard InChI is InChI=1S/C16H28N2O2S/c1-11(2)8-6-7-9-18-21(19,20)16-13(4)10-12(3)15(17)14(16)5/h10-11,18H,6-9,17H2,1-5H3. The second-order valence-electron chi connectivity index (χ2n) is 6.17. The number of unbranched alkanes of at least 4 members (excludes halogenated alkanes) is 1. The van der Waals surface area contributed by atoms with Crippen molar-refractivity contribution in [3.8, 4) is 0 Å². The number of nitrogens with one attached hydrogen (secondary N) is 1. The zero-order chi connectivity index (χ0) is 16.2. The number of hydrogen-bond acceptors (Lipinski definition) is 3. The quantitative estimate of drug-likeness (QED) is 0.599. The SMILES string of the molecule is Cc1cc(C)c(S(=O)(=O)NCCCCC(C)C)c(C)c1N. The van der Waals surface area contributed by atoms with Crippen LogP contribution < -0.4 is 10.5 Å². The van der Waals surface area contributed by atoms with E-state index in [0.29, 0.717) is 28.6 Å². The average Bonchev–Trinajstić information content (AvgIpc) is 2.34. The molecule has 0 unspecified atom stereocenters. The molecular weight excluding hydrogens is 284 g/mol. The Hall–Kier alpha value is -1.07. The van der Waals surface area contributed by atoms with E-state index < -0.39 is 10.0 Å². The Morgan fingerprint density at radius 1 is 1.14 bits per heavy atom. The normalized spacial score (nSPS) is 12.1. The molecule has 5 heteroatoms. The maximum absolute atomic E-state index is 12.5. The van der Waals surface area contributed by atoms with E-state index in [-0.39, 0.29) is 0 Å². The first-order valence-corrected chi connectivity index (χ1v) is 9.01. The number of aryl methyl sites for hydroxylation is 2. The Labute approximate surface area is 129 Å². The van der Waals surface area contributed by atoms with Gasteiger partial charge >= 0.3 is 0 Å². The predicted molar refractivity (Wildman–Crippen MR) is 88.9 cm³/mol. The van der Waals surface area contributed by atoms with Crippen LogP contribution >= 0.6 is 0 Å². The van der Waals surface area contributed by atoms with Crippen LogP contribution in [0.2, 0.25) is 0 Å². The molecule has 0 aliphatic heterocycles. The van der Waals surface area contributed by atoms with Crippen LogP contribution in [-0.2, 0) is 10.0 Å². The number of nitrogens with two attached hydrogens (primary N) is 1. The Balaban J connectivity index is 2.82. The fraction of sp³-hybridized carbons (Fsp3) is 0.625. The van der Waals surface area contributed by atoms with Gasteiger partial charge in [0.1, 0.15) is 0 Å². The molecule has 0 fully saturated rings. The minimum atomic E-state index is -3.49. The molecular formula is C16H28N2O2S. The second-order valence-corrected chi connectivity index (χ2v) is 7.87. The van der Waals surface area contributed by atoms with E-state index in [2.05, 4.69) is 18.6 Å². The van der Waals surface area contributed by atoms with Gasteiger partial charge in [0.25, 0.3) is 0 Å². The monoisotopic (exact) mass is 312 g/mol. The molecule has 0 saturated heterocycles. The Kier molecular flexibility index (Phi) is 6.23. The lowest BCUT2D eigenvalue weighted by Crippen LogP contribution is -2.26. The Morgan fingerprint density at radius 3 is 2.33 bits per heavy atom. The molecule has 21 heavy (non-hydrogen) atoms. The Bertz CT molecular complexity index is 593. The number of sulfonamides is 1. The molecule has 0 bridgehead atoms. The summed E-state index contributed by atoms with van der Waals surface area (Å²) in [7, 11) is -3.49. The van der Waals surface area contributed by atoms with E-state index in [0.717, 1.165) is 30.4 Å². The number of anilines is 1. The van der Waals surface area contributed by atoms with Gasteiger partial charge < -0.3 is 5.73 Å². The van der Waals surface area contributed by atoms with Gasteiger partial charge in [-0.15, -0.1) is 0 Å². The molecule has 120 valence electrons. The van der Waals surface area contributed by atoms with Crippen LogP contribution in [0.5, 0.6) is 0 Å². The number of benzene rings is 1. The van der Waals surface area contributed by atoms with E-state index in [1.54, 1.807) is 6.92 Å². The highest BCUT2D eigenvalue weighted by Crippen LogP contribution is 2.27. The first-order valence-electron chi connectivity index (χ1n) is 7.52. The summed E-state index contributed by atoms with van der Waals surface area (Å²) in [6.07, 6.45) is 3.02. The van der Waals surface area contributed by atoms with Gasteiger partial charge in [-0.3, -0.25) is 0 Å². The maximum atomic E-state index is 12.5. The summed E-state index contributed by atoms with van der Waals surface area (Å²) in [5.74, 6) is 0.656. The van der Waals surface area contributed by atoms with Gasteiger partial charge in [-0.2, -0.15) is 0 Å². The summed E-state index contributed by atoms with van der Waals surface area (Å²) in [5.41, 5.74) is 8.82. The molecule has 0 saturated carbocycles. The molecule has 0 heterocycles. The summed E-state index contributed by atoms with van der Waals surface area (Å²) >= 11 is 0. The van der Waals surface area contributed by atoms with Crippen molar-refractivity contribution in [2.45, 2.75) is 58.8 Å². The number of nitrogen functional groups attached to an aromatic ring is 1. The predicted octanol–water partition coefficient (Wildman–Crippen LogP) is 3.30. The highest BCUT2D eigenvalue weighted by atomic mass is 32.2. The van der Waals surface area contributed by atoms with Crippen LogP contribution in [0.1, 0.15) is 49.8 Å². The van der Waals surface area contributed by atoms with Crippen LogP contribution in [0.3, 0.4) is 0 Å². The van der Waals surface area contributed by atoms with Gasteiger partial charge in [0.2, 0.25) is 10.0 Å². The lowest BCUT2D eigenvalue weighted by atomic mass is 10.1. The minimum Gasteiger partial charge on any atom is -0.398 e. The molecule has 0 aromatic heterocycles. The van der Waals surface area contributed by atoms with E-state index in [9.17, 15) is 8.42 Å².